The average Bonchev–Trinajstić information content (AvgIpc) is 3.00. The number of fused-ring (bicyclic) bond motifs is 2. The molecular weight excluding hydrogens is 372 g/mol. The first kappa shape index (κ1) is 18.2. The standard InChI is InChI=1S/C25H22N4O.H2/c26-15-19-6-5-18(14-22(19)27)17-7-8-25-20(13-17)16-29(11-12-30-25)24-9-10-28-23-4-2-1-3-21(23)24;/h1-10,13-15,26H,11-12,16,27H2;1H. The van der Waals surface area contributed by atoms with Crippen LogP contribution in [0.15, 0.2) is 72.9 Å². The molecule has 1 aliphatic rings. The van der Waals surface area contributed by atoms with Gasteiger partial charge in [-0.3, -0.25) is 4.98 Å². The predicted octanol–water partition coefficient (Wildman–Crippen LogP) is 5.13. The summed E-state index contributed by atoms with van der Waals surface area (Å²) in [7, 11) is 0. The van der Waals surface area contributed by atoms with E-state index in [0.717, 1.165) is 52.0 Å². The third-order valence-corrected chi connectivity index (χ3v) is 5.58. The van der Waals surface area contributed by atoms with Crippen molar-refractivity contribution in [1.29, 1.82) is 5.41 Å². The van der Waals surface area contributed by atoms with Gasteiger partial charge in [0.05, 0.1) is 12.1 Å². The number of pyridine rings is 1. The van der Waals surface area contributed by atoms with Gasteiger partial charge in [-0.05, 0) is 41.5 Å². The van der Waals surface area contributed by atoms with Crippen LogP contribution >= 0.6 is 0 Å². The van der Waals surface area contributed by atoms with Gasteiger partial charge in [0.25, 0.3) is 0 Å². The summed E-state index contributed by atoms with van der Waals surface area (Å²) in [4.78, 5) is 6.85. The van der Waals surface area contributed by atoms with Crippen molar-refractivity contribution >= 4 is 28.5 Å². The Hall–Kier alpha value is -3.86. The Kier molecular flexibility index (Phi) is 4.56. The van der Waals surface area contributed by atoms with E-state index in [2.05, 4.69) is 40.2 Å². The van der Waals surface area contributed by atoms with E-state index in [9.17, 15) is 0 Å². The molecule has 0 aliphatic carbocycles. The monoisotopic (exact) mass is 396 g/mol. The predicted molar refractivity (Wildman–Crippen MR) is 125 cm³/mol. The van der Waals surface area contributed by atoms with Crippen molar-refractivity contribution in [2.45, 2.75) is 6.54 Å². The largest absolute Gasteiger partial charge is 0.491 e. The molecule has 0 saturated heterocycles. The highest BCUT2D eigenvalue weighted by molar-refractivity contribution is 5.91. The number of ether oxygens (including phenoxy) is 1. The van der Waals surface area contributed by atoms with Gasteiger partial charge in [-0.1, -0.05) is 36.4 Å². The van der Waals surface area contributed by atoms with Crippen LogP contribution in [0, 0.1) is 5.41 Å². The molecular formula is C25H24N4O. The Morgan fingerprint density at radius 2 is 1.87 bits per heavy atom. The van der Waals surface area contributed by atoms with E-state index >= 15 is 0 Å². The van der Waals surface area contributed by atoms with Crippen molar-refractivity contribution in [2.24, 2.45) is 0 Å². The van der Waals surface area contributed by atoms with Gasteiger partial charge in [0.15, 0.2) is 0 Å². The second-order valence-electron chi connectivity index (χ2n) is 7.43. The van der Waals surface area contributed by atoms with Crippen LogP contribution in [0.5, 0.6) is 5.75 Å². The highest BCUT2D eigenvalue weighted by Crippen LogP contribution is 2.33. The third-order valence-electron chi connectivity index (χ3n) is 5.58. The lowest BCUT2D eigenvalue weighted by Crippen LogP contribution is -2.25. The van der Waals surface area contributed by atoms with Crippen molar-refractivity contribution in [3.63, 3.8) is 0 Å². The minimum Gasteiger partial charge on any atom is -0.491 e. The fourth-order valence-corrected chi connectivity index (χ4v) is 4.02. The van der Waals surface area contributed by atoms with E-state index in [1.807, 2.05) is 42.6 Å². The zero-order chi connectivity index (χ0) is 20.5. The summed E-state index contributed by atoms with van der Waals surface area (Å²) < 4.78 is 6.05. The molecule has 30 heavy (non-hydrogen) atoms. The summed E-state index contributed by atoms with van der Waals surface area (Å²) in [5, 5.41) is 8.59. The Morgan fingerprint density at radius 1 is 1.03 bits per heavy atom. The van der Waals surface area contributed by atoms with E-state index < -0.39 is 0 Å². The molecule has 0 unspecified atom stereocenters. The molecule has 5 heteroatoms. The van der Waals surface area contributed by atoms with Gasteiger partial charge in [0.2, 0.25) is 0 Å². The smallest absolute Gasteiger partial charge is 0.124 e. The number of anilines is 2. The number of benzene rings is 3. The molecule has 0 atom stereocenters. The quantitative estimate of drug-likeness (QED) is 0.372. The number of nitrogens with one attached hydrogen (secondary N) is 1. The summed E-state index contributed by atoms with van der Waals surface area (Å²) >= 11 is 0. The maximum atomic E-state index is 7.44. The first-order chi connectivity index (χ1) is 14.7. The number of rotatable bonds is 3. The average molecular weight is 396 g/mol. The number of hydrogen-bond acceptors (Lipinski definition) is 5. The minimum atomic E-state index is 0. The van der Waals surface area contributed by atoms with Crippen molar-refractivity contribution in [2.75, 3.05) is 23.8 Å². The van der Waals surface area contributed by atoms with Crippen LogP contribution in [0.25, 0.3) is 22.0 Å². The summed E-state index contributed by atoms with van der Waals surface area (Å²) in [6.45, 7) is 2.19. The molecule has 0 spiro atoms. The second kappa shape index (κ2) is 7.52. The fourth-order valence-electron chi connectivity index (χ4n) is 4.02. The zero-order valence-corrected chi connectivity index (χ0v) is 16.5. The Bertz CT molecular complexity index is 1250. The van der Waals surface area contributed by atoms with Gasteiger partial charge < -0.3 is 20.8 Å². The van der Waals surface area contributed by atoms with Gasteiger partial charge in [-0.15, -0.1) is 0 Å². The van der Waals surface area contributed by atoms with Crippen molar-refractivity contribution in [3.8, 4) is 16.9 Å². The molecule has 3 aromatic carbocycles. The molecule has 1 aliphatic heterocycles. The maximum Gasteiger partial charge on any atom is 0.124 e. The Labute approximate surface area is 176 Å². The fraction of sp³-hybridized carbons (Fsp3) is 0.120. The van der Waals surface area contributed by atoms with Crippen LogP contribution in [-0.4, -0.2) is 24.4 Å². The number of aromatic nitrogens is 1. The van der Waals surface area contributed by atoms with Crippen molar-refractivity contribution < 1.29 is 6.16 Å². The Morgan fingerprint density at radius 3 is 2.73 bits per heavy atom. The van der Waals surface area contributed by atoms with Gasteiger partial charge in [-0.25, -0.2) is 0 Å². The van der Waals surface area contributed by atoms with Gasteiger partial charge >= 0.3 is 0 Å². The second-order valence-corrected chi connectivity index (χ2v) is 7.43. The lowest BCUT2D eigenvalue weighted by atomic mass is 10.00. The zero-order valence-electron chi connectivity index (χ0n) is 16.5. The van der Waals surface area contributed by atoms with Crippen LogP contribution < -0.4 is 15.4 Å². The number of para-hydroxylation sites is 1. The van der Waals surface area contributed by atoms with Crippen molar-refractivity contribution in [3.05, 3.63) is 84.1 Å². The topological polar surface area (TPSA) is 75.2 Å². The molecule has 5 rings (SSSR count). The maximum absolute atomic E-state index is 7.44. The van der Waals surface area contributed by atoms with E-state index in [0.29, 0.717) is 12.3 Å². The molecule has 0 amide bonds. The molecule has 5 nitrogen and oxygen atoms in total. The number of nitrogens with zero attached hydrogens (tertiary/aromatic N) is 2. The third kappa shape index (κ3) is 3.24. The van der Waals surface area contributed by atoms with E-state index in [1.54, 1.807) is 0 Å². The molecule has 0 saturated carbocycles. The first-order valence-electron chi connectivity index (χ1n) is 9.98. The van der Waals surface area contributed by atoms with Crippen LogP contribution in [0.1, 0.15) is 12.6 Å². The molecule has 2 heterocycles. The van der Waals surface area contributed by atoms with Gasteiger partial charge in [0, 0.05) is 48.3 Å². The number of hydrogen-bond donors (Lipinski definition) is 2. The minimum absolute atomic E-state index is 0. The van der Waals surface area contributed by atoms with E-state index in [-0.39, 0.29) is 1.43 Å². The summed E-state index contributed by atoms with van der Waals surface area (Å²) in [5.74, 6) is 0.920. The number of nitrogen functional groups attached to an aromatic ring is 1. The summed E-state index contributed by atoms with van der Waals surface area (Å²) in [5.41, 5.74) is 12.9. The molecule has 0 bridgehead atoms. The normalized spacial score (nSPS) is 13.4. The number of nitrogens with two attached hydrogens (primary N) is 1. The van der Waals surface area contributed by atoms with Gasteiger partial charge in [0.1, 0.15) is 12.4 Å². The lowest BCUT2D eigenvalue weighted by Gasteiger charge is -2.23. The highest BCUT2D eigenvalue weighted by atomic mass is 16.5. The molecule has 4 aromatic rings. The van der Waals surface area contributed by atoms with Crippen LogP contribution in [0.3, 0.4) is 0 Å². The molecule has 0 radical (unpaired) electrons. The van der Waals surface area contributed by atoms with E-state index in [1.165, 1.54) is 11.9 Å². The van der Waals surface area contributed by atoms with Crippen LogP contribution in [0.4, 0.5) is 11.4 Å². The molecule has 150 valence electrons. The molecule has 3 N–H and O–H groups in total. The van der Waals surface area contributed by atoms with Crippen molar-refractivity contribution in [1.82, 2.24) is 4.98 Å². The first-order valence-corrected chi connectivity index (χ1v) is 9.98. The van der Waals surface area contributed by atoms with Gasteiger partial charge in [-0.2, -0.15) is 0 Å². The SMILES string of the molecule is N=Cc1ccc(-c2ccc3c(c2)CN(c2ccnc4ccccc24)CCO3)cc1N.[HH]. The van der Waals surface area contributed by atoms with Crippen LogP contribution in [-0.2, 0) is 6.54 Å². The molecule has 1 aromatic heterocycles. The lowest BCUT2D eigenvalue weighted by molar-refractivity contribution is 0.332. The highest BCUT2D eigenvalue weighted by Gasteiger charge is 2.18. The summed E-state index contributed by atoms with van der Waals surface area (Å²) in [6, 6.07) is 22.4. The molecule has 0 fully saturated rings. The Balaban J connectivity index is 0.00000231. The van der Waals surface area contributed by atoms with Crippen LogP contribution in [0.2, 0.25) is 0 Å². The summed E-state index contributed by atoms with van der Waals surface area (Å²) in [6.07, 6.45) is 3.15. The van der Waals surface area contributed by atoms with E-state index in [4.69, 9.17) is 15.9 Å².